The van der Waals surface area contributed by atoms with Gasteiger partial charge in [-0.15, -0.1) is 0 Å². The van der Waals surface area contributed by atoms with E-state index in [9.17, 15) is 4.79 Å². The predicted octanol–water partition coefficient (Wildman–Crippen LogP) is 2.37. The summed E-state index contributed by atoms with van der Waals surface area (Å²) in [5, 5.41) is 0. The summed E-state index contributed by atoms with van der Waals surface area (Å²) in [5.74, 6) is -0.132. The monoisotopic (exact) mass is 186 g/mol. The van der Waals surface area contributed by atoms with Crippen LogP contribution in [0.25, 0.3) is 0 Å². The number of carbonyl (C=O) groups excluding carboxylic acids is 1. The third-order valence-electron chi connectivity index (χ3n) is 1.21. The zero-order chi connectivity index (χ0) is 9.61. The molecule has 0 rings (SSSR count). The van der Waals surface area contributed by atoms with E-state index in [1.165, 1.54) is 0 Å². The van der Waals surface area contributed by atoms with Gasteiger partial charge in [0.1, 0.15) is 0 Å². The van der Waals surface area contributed by atoms with Crippen molar-refractivity contribution in [2.45, 2.75) is 33.0 Å². The van der Waals surface area contributed by atoms with Crippen LogP contribution in [0.2, 0.25) is 19.6 Å². The van der Waals surface area contributed by atoms with E-state index in [1.54, 1.807) is 0 Å². The Morgan fingerprint density at radius 2 is 2.00 bits per heavy atom. The highest BCUT2D eigenvalue weighted by Crippen LogP contribution is 2.02. The van der Waals surface area contributed by atoms with Gasteiger partial charge in [-0.05, 0) is 6.92 Å². The summed E-state index contributed by atoms with van der Waals surface area (Å²) in [4.78, 5) is 10.9. The van der Waals surface area contributed by atoms with Gasteiger partial charge < -0.3 is 4.74 Å². The standard InChI is InChI=1S/C9H18O2Si/c1-5-11-9(10)7-6-8-12(2,3)4/h6,8H,5,7H2,1-4H3/b8-6+. The van der Waals surface area contributed by atoms with Crippen LogP contribution in [0.4, 0.5) is 0 Å². The maximum atomic E-state index is 10.9. The average molecular weight is 186 g/mol. The molecule has 3 heteroatoms. The lowest BCUT2D eigenvalue weighted by Crippen LogP contribution is -2.15. The molecule has 0 aliphatic rings. The second kappa shape index (κ2) is 5.14. The summed E-state index contributed by atoms with van der Waals surface area (Å²) in [5.41, 5.74) is 2.16. The normalized spacial score (nSPS) is 12.0. The lowest BCUT2D eigenvalue weighted by Gasteiger charge is -2.07. The fraction of sp³-hybridized carbons (Fsp3) is 0.667. The maximum Gasteiger partial charge on any atom is 0.309 e. The third-order valence-corrected chi connectivity index (χ3v) is 2.44. The number of esters is 1. The summed E-state index contributed by atoms with van der Waals surface area (Å²) in [7, 11) is -1.14. The second-order valence-corrected chi connectivity index (χ2v) is 8.84. The van der Waals surface area contributed by atoms with Crippen molar-refractivity contribution in [2.75, 3.05) is 6.61 Å². The van der Waals surface area contributed by atoms with Gasteiger partial charge in [0, 0.05) is 0 Å². The summed E-state index contributed by atoms with van der Waals surface area (Å²) in [6, 6.07) is 0. The molecule has 0 saturated carbocycles. The van der Waals surface area contributed by atoms with Crippen LogP contribution in [-0.2, 0) is 9.53 Å². The quantitative estimate of drug-likeness (QED) is 0.498. The van der Waals surface area contributed by atoms with Crippen LogP contribution >= 0.6 is 0 Å². The zero-order valence-electron chi connectivity index (χ0n) is 8.39. The van der Waals surface area contributed by atoms with Crippen LogP contribution in [0.5, 0.6) is 0 Å². The number of ether oxygens (including phenoxy) is 1. The van der Waals surface area contributed by atoms with Crippen molar-refractivity contribution in [2.24, 2.45) is 0 Å². The second-order valence-electron chi connectivity index (χ2n) is 3.78. The number of rotatable bonds is 4. The highest BCUT2D eigenvalue weighted by molar-refractivity contribution is 6.80. The molecule has 0 amide bonds. The Labute approximate surface area is 75.6 Å². The van der Waals surface area contributed by atoms with Gasteiger partial charge >= 0.3 is 5.97 Å². The molecule has 0 bridgehead atoms. The molecule has 70 valence electrons. The first-order valence-corrected chi connectivity index (χ1v) is 7.87. The fourth-order valence-electron chi connectivity index (χ4n) is 0.729. The summed E-state index contributed by atoms with van der Waals surface area (Å²) in [6.07, 6.45) is 2.34. The van der Waals surface area contributed by atoms with Gasteiger partial charge in [0.15, 0.2) is 0 Å². The molecule has 0 N–H and O–H groups in total. The Kier molecular flexibility index (Phi) is 4.89. The van der Waals surface area contributed by atoms with Crippen LogP contribution in [0.3, 0.4) is 0 Å². The van der Waals surface area contributed by atoms with Crippen molar-refractivity contribution in [3.05, 3.63) is 11.8 Å². The van der Waals surface area contributed by atoms with Gasteiger partial charge in [-0.25, -0.2) is 0 Å². The molecule has 0 saturated heterocycles. The average Bonchev–Trinajstić information content (AvgIpc) is 1.84. The van der Waals surface area contributed by atoms with E-state index in [-0.39, 0.29) is 5.97 Å². The number of carbonyl (C=O) groups is 1. The fourth-order valence-corrected chi connectivity index (χ4v) is 1.55. The molecule has 2 nitrogen and oxygen atoms in total. The Balaban J connectivity index is 3.68. The number of hydrogen-bond donors (Lipinski definition) is 0. The summed E-state index contributed by atoms with van der Waals surface area (Å²) in [6.45, 7) is 8.98. The summed E-state index contributed by atoms with van der Waals surface area (Å²) < 4.78 is 4.78. The largest absolute Gasteiger partial charge is 0.466 e. The molecule has 0 unspecified atom stereocenters. The van der Waals surface area contributed by atoms with Crippen LogP contribution < -0.4 is 0 Å². The lowest BCUT2D eigenvalue weighted by atomic mass is 10.4. The van der Waals surface area contributed by atoms with Crippen molar-refractivity contribution in [1.29, 1.82) is 0 Å². The van der Waals surface area contributed by atoms with Crippen molar-refractivity contribution >= 4 is 14.0 Å². The molecule has 12 heavy (non-hydrogen) atoms. The molecule has 0 fully saturated rings. The van der Waals surface area contributed by atoms with Crippen LogP contribution in [0.1, 0.15) is 13.3 Å². The molecule has 0 spiro atoms. The van der Waals surface area contributed by atoms with E-state index in [4.69, 9.17) is 4.74 Å². The van der Waals surface area contributed by atoms with Crippen molar-refractivity contribution < 1.29 is 9.53 Å². The molecular weight excluding hydrogens is 168 g/mol. The Bertz CT molecular complexity index is 168. The van der Waals surface area contributed by atoms with Gasteiger partial charge in [-0.2, -0.15) is 0 Å². The van der Waals surface area contributed by atoms with Crippen molar-refractivity contribution in [3.63, 3.8) is 0 Å². The SMILES string of the molecule is CCOC(=O)C/C=C/[Si](C)(C)C. The molecule has 0 aliphatic carbocycles. The van der Waals surface area contributed by atoms with Gasteiger partial charge in [0.2, 0.25) is 0 Å². The van der Waals surface area contributed by atoms with Gasteiger partial charge in [0.05, 0.1) is 21.1 Å². The molecule has 0 aliphatic heterocycles. The Hall–Kier alpha value is -0.573. The molecule has 0 radical (unpaired) electrons. The van der Waals surface area contributed by atoms with E-state index in [1.807, 2.05) is 13.0 Å². The highest BCUT2D eigenvalue weighted by atomic mass is 28.3. The van der Waals surface area contributed by atoms with Crippen molar-refractivity contribution in [1.82, 2.24) is 0 Å². The van der Waals surface area contributed by atoms with Crippen LogP contribution in [-0.4, -0.2) is 20.7 Å². The third kappa shape index (κ3) is 7.53. The molecule has 0 heterocycles. The maximum absolute atomic E-state index is 10.9. The molecular formula is C9H18O2Si. The molecule has 0 aromatic heterocycles. The van der Waals surface area contributed by atoms with E-state index in [2.05, 4.69) is 25.3 Å². The minimum absolute atomic E-state index is 0.132. The van der Waals surface area contributed by atoms with Crippen molar-refractivity contribution in [3.8, 4) is 0 Å². The first-order chi connectivity index (χ1) is 5.45. The van der Waals surface area contributed by atoms with Gasteiger partial charge in [0.25, 0.3) is 0 Å². The highest BCUT2D eigenvalue weighted by Gasteiger charge is 2.07. The summed E-state index contributed by atoms with van der Waals surface area (Å²) >= 11 is 0. The zero-order valence-corrected chi connectivity index (χ0v) is 9.39. The minimum atomic E-state index is -1.14. The van der Waals surface area contributed by atoms with E-state index < -0.39 is 8.07 Å². The van der Waals surface area contributed by atoms with Crippen LogP contribution in [0, 0.1) is 0 Å². The lowest BCUT2D eigenvalue weighted by molar-refractivity contribution is -0.142. The smallest absolute Gasteiger partial charge is 0.309 e. The van der Waals surface area contributed by atoms with E-state index in [0.29, 0.717) is 13.0 Å². The van der Waals surface area contributed by atoms with E-state index in [0.717, 1.165) is 0 Å². The van der Waals surface area contributed by atoms with E-state index >= 15 is 0 Å². The topological polar surface area (TPSA) is 26.3 Å². The van der Waals surface area contributed by atoms with Gasteiger partial charge in [-0.3, -0.25) is 4.79 Å². The molecule has 0 aromatic carbocycles. The molecule has 0 aromatic rings. The Morgan fingerprint density at radius 1 is 1.42 bits per heavy atom. The minimum Gasteiger partial charge on any atom is -0.466 e. The predicted molar refractivity (Wildman–Crippen MR) is 53.7 cm³/mol. The van der Waals surface area contributed by atoms with Crippen LogP contribution in [0.15, 0.2) is 11.8 Å². The first-order valence-electron chi connectivity index (χ1n) is 4.29. The number of hydrogen-bond acceptors (Lipinski definition) is 2. The molecule has 0 atom stereocenters. The van der Waals surface area contributed by atoms with Gasteiger partial charge in [-0.1, -0.05) is 31.4 Å². The Morgan fingerprint density at radius 3 is 2.42 bits per heavy atom. The first kappa shape index (κ1) is 11.4.